The number of carbonyl (C=O) groups is 1. The van der Waals surface area contributed by atoms with Gasteiger partial charge in [-0.3, -0.25) is 4.79 Å². The van der Waals surface area contributed by atoms with E-state index in [2.05, 4.69) is 5.32 Å². The smallest absolute Gasteiger partial charge is 0.254 e. The van der Waals surface area contributed by atoms with Crippen LogP contribution in [-0.2, 0) is 4.79 Å². The molecule has 11 heavy (non-hydrogen) atoms. The molecule has 0 aromatic carbocycles. The second-order valence-electron chi connectivity index (χ2n) is 4.13. The van der Waals surface area contributed by atoms with Gasteiger partial charge in [0.1, 0.15) is 0 Å². The normalized spacial score (nSPS) is 32.2. The molecule has 1 amide bonds. The molecule has 0 aromatic heterocycles. The second-order valence-corrected chi connectivity index (χ2v) is 4.13. The van der Waals surface area contributed by atoms with Crippen LogP contribution in [0, 0.1) is 5.41 Å². The van der Waals surface area contributed by atoms with Gasteiger partial charge in [-0.15, -0.1) is 0 Å². The lowest BCUT2D eigenvalue weighted by atomic mass is 9.86. The first-order valence-electron chi connectivity index (χ1n) is 3.85. The van der Waals surface area contributed by atoms with Crippen molar-refractivity contribution in [1.29, 1.82) is 0 Å². The summed E-state index contributed by atoms with van der Waals surface area (Å²) in [6, 6.07) is -0.00926. The molecule has 0 bridgehead atoms. The molecule has 64 valence electrons. The highest BCUT2D eigenvalue weighted by Crippen LogP contribution is 2.27. The molecule has 1 saturated heterocycles. The third kappa shape index (κ3) is 1.70. The summed E-state index contributed by atoms with van der Waals surface area (Å²) in [5.74, 6) is -0.454. The Labute approximate surface area is 66.2 Å². The van der Waals surface area contributed by atoms with Gasteiger partial charge in [-0.2, -0.15) is 0 Å². The summed E-state index contributed by atoms with van der Waals surface area (Å²) in [6.45, 7) is 5.99. The van der Waals surface area contributed by atoms with E-state index in [9.17, 15) is 9.18 Å². The molecule has 2 atom stereocenters. The number of rotatable bonds is 0. The summed E-state index contributed by atoms with van der Waals surface area (Å²) >= 11 is 0. The molecule has 1 heterocycles. The first kappa shape index (κ1) is 8.50. The van der Waals surface area contributed by atoms with Crippen LogP contribution in [0.25, 0.3) is 0 Å². The van der Waals surface area contributed by atoms with E-state index in [-0.39, 0.29) is 11.5 Å². The molecule has 0 aromatic rings. The van der Waals surface area contributed by atoms with E-state index in [0.717, 1.165) is 0 Å². The highest BCUT2D eigenvalue weighted by atomic mass is 19.1. The summed E-state index contributed by atoms with van der Waals surface area (Å²) < 4.78 is 12.7. The van der Waals surface area contributed by atoms with E-state index in [1.807, 2.05) is 20.8 Å². The molecular formula is C8H14FNO. The molecule has 0 spiro atoms. The number of halogens is 1. The van der Waals surface area contributed by atoms with Crippen molar-refractivity contribution in [2.24, 2.45) is 5.41 Å². The Morgan fingerprint density at radius 3 is 2.27 bits per heavy atom. The maximum absolute atomic E-state index is 12.7. The van der Waals surface area contributed by atoms with Crippen LogP contribution in [0.15, 0.2) is 0 Å². The Morgan fingerprint density at radius 2 is 2.09 bits per heavy atom. The molecular weight excluding hydrogens is 145 g/mol. The van der Waals surface area contributed by atoms with Crippen LogP contribution in [0.2, 0.25) is 0 Å². The van der Waals surface area contributed by atoms with E-state index >= 15 is 0 Å². The summed E-state index contributed by atoms with van der Waals surface area (Å²) in [7, 11) is 0. The lowest BCUT2D eigenvalue weighted by molar-refractivity contribution is -0.123. The maximum Gasteiger partial charge on any atom is 0.254 e. The number of nitrogens with one attached hydrogen (secondary N) is 1. The van der Waals surface area contributed by atoms with Crippen molar-refractivity contribution in [3.63, 3.8) is 0 Å². The molecule has 0 saturated carbocycles. The molecule has 1 aliphatic rings. The molecule has 0 unspecified atom stereocenters. The Kier molecular flexibility index (Phi) is 1.90. The number of amides is 1. The quantitative estimate of drug-likeness (QED) is 0.566. The van der Waals surface area contributed by atoms with E-state index < -0.39 is 12.1 Å². The molecule has 3 heteroatoms. The van der Waals surface area contributed by atoms with Crippen LogP contribution < -0.4 is 5.32 Å². The van der Waals surface area contributed by atoms with Gasteiger partial charge in [-0.05, 0) is 5.41 Å². The summed E-state index contributed by atoms with van der Waals surface area (Å²) in [6.07, 6.45) is -0.971. The highest BCUT2D eigenvalue weighted by Gasteiger charge is 2.38. The zero-order valence-corrected chi connectivity index (χ0v) is 7.15. The third-order valence-electron chi connectivity index (χ3n) is 2.09. The zero-order valence-electron chi connectivity index (χ0n) is 7.15. The van der Waals surface area contributed by atoms with Gasteiger partial charge in [0, 0.05) is 12.5 Å². The van der Waals surface area contributed by atoms with Gasteiger partial charge in [0.05, 0.1) is 0 Å². The van der Waals surface area contributed by atoms with Gasteiger partial charge < -0.3 is 5.32 Å². The SMILES string of the molecule is CC(C)(C)[C@H]1C[C@@H](F)C(=O)N1. The van der Waals surface area contributed by atoms with Gasteiger partial charge >= 0.3 is 0 Å². The van der Waals surface area contributed by atoms with Crippen LogP contribution in [-0.4, -0.2) is 18.1 Å². The minimum absolute atomic E-state index is 0.00926. The van der Waals surface area contributed by atoms with Gasteiger partial charge in [0.2, 0.25) is 0 Å². The van der Waals surface area contributed by atoms with Crippen molar-refractivity contribution in [3.8, 4) is 0 Å². The van der Waals surface area contributed by atoms with Crippen LogP contribution in [0.5, 0.6) is 0 Å². The Hall–Kier alpha value is -0.600. The standard InChI is InChI=1S/C8H14FNO/c1-8(2,3)6-4-5(9)7(11)10-6/h5-6H,4H2,1-3H3,(H,10,11)/t5-,6-/m1/s1. The largest absolute Gasteiger partial charge is 0.350 e. The van der Waals surface area contributed by atoms with Crippen LogP contribution in [0.3, 0.4) is 0 Å². The monoisotopic (exact) mass is 159 g/mol. The molecule has 1 aliphatic heterocycles. The third-order valence-corrected chi connectivity index (χ3v) is 2.09. The van der Waals surface area contributed by atoms with E-state index in [4.69, 9.17) is 0 Å². The first-order chi connectivity index (χ1) is 4.91. The van der Waals surface area contributed by atoms with Gasteiger partial charge in [-0.25, -0.2) is 4.39 Å². The Balaban J connectivity index is 2.61. The Bertz CT molecular complexity index is 173. The van der Waals surface area contributed by atoms with Gasteiger partial charge in [0.15, 0.2) is 6.17 Å². The predicted octanol–water partition coefficient (Wildman–Crippen LogP) is 1.26. The second kappa shape index (κ2) is 2.47. The number of carbonyl (C=O) groups excluding carboxylic acids is 1. The fourth-order valence-corrected chi connectivity index (χ4v) is 1.21. The lowest BCUT2D eigenvalue weighted by Crippen LogP contribution is -2.36. The minimum atomic E-state index is -1.29. The maximum atomic E-state index is 12.7. The molecule has 2 nitrogen and oxygen atoms in total. The van der Waals surface area contributed by atoms with E-state index in [1.165, 1.54) is 0 Å². The predicted molar refractivity (Wildman–Crippen MR) is 40.9 cm³/mol. The van der Waals surface area contributed by atoms with Crippen molar-refractivity contribution in [3.05, 3.63) is 0 Å². The molecule has 1 rings (SSSR count). The van der Waals surface area contributed by atoms with Crippen LogP contribution in [0.1, 0.15) is 27.2 Å². The van der Waals surface area contributed by atoms with Gasteiger partial charge in [-0.1, -0.05) is 20.8 Å². The van der Waals surface area contributed by atoms with Crippen LogP contribution in [0.4, 0.5) is 4.39 Å². The first-order valence-corrected chi connectivity index (χ1v) is 3.85. The highest BCUT2D eigenvalue weighted by molar-refractivity contribution is 5.83. The molecule has 0 radical (unpaired) electrons. The molecule has 1 fully saturated rings. The average Bonchev–Trinajstić information content (AvgIpc) is 2.11. The topological polar surface area (TPSA) is 29.1 Å². The summed E-state index contributed by atoms with van der Waals surface area (Å²) in [5.41, 5.74) is -0.0312. The van der Waals surface area contributed by atoms with E-state index in [0.29, 0.717) is 6.42 Å². The van der Waals surface area contributed by atoms with Crippen LogP contribution >= 0.6 is 0 Å². The lowest BCUT2D eigenvalue weighted by Gasteiger charge is -2.25. The van der Waals surface area contributed by atoms with Crippen molar-refractivity contribution < 1.29 is 9.18 Å². The average molecular weight is 159 g/mol. The fourth-order valence-electron chi connectivity index (χ4n) is 1.21. The molecule has 0 aliphatic carbocycles. The molecule has 1 N–H and O–H groups in total. The van der Waals surface area contributed by atoms with Crippen molar-refractivity contribution in [1.82, 2.24) is 5.32 Å². The Morgan fingerprint density at radius 1 is 1.55 bits per heavy atom. The van der Waals surface area contributed by atoms with Crippen molar-refractivity contribution in [2.45, 2.75) is 39.4 Å². The number of alkyl halides is 1. The zero-order chi connectivity index (χ0) is 8.65. The van der Waals surface area contributed by atoms with Gasteiger partial charge in [0.25, 0.3) is 5.91 Å². The summed E-state index contributed by atoms with van der Waals surface area (Å²) in [5, 5.41) is 2.63. The minimum Gasteiger partial charge on any atom is -0.350 e. The number of hydrogen-bond donors (Lipinski definition) is 1. The van der Waals surface area contributed by atoms with E-state index in [1.54, 1.807) is 0 Å². The summed E-state index contributed by atoms with van der Waals surface area (Å²) in [4.78, 5) is 10.7. The van der Waals surface area contributed by atoms with Crippen molar-refractivity contribution in [2.75, 3.05) is 0 Å². The number of hydrogen-bond acceptors (Lipinski definition) is 1. The fraction of sp³-hybridized carbons (Fsp3) is 0.875. The van der Waals surface area contributed by atoms with Crippen molar-refractivity contribution >= 4 is 5.91 Å².